The summed E-state index contributed by atoms with van der Waals surface area (Å²) in [5, 5.41) is 2.81. The van der Waals surface area contributed by atoms with E-state index in [-0.39, 0.29) is 0 Å². The van der Waals surface area contributed by atoms with Crippen molar-refractivity contribution in [2.45, 2.75) is 19.8 Å². The van der Waals surface area contributed by atoms with E-state index < -0.39 is 0 Å². The van der Waals surface area contributed by atoms with Crippen LogP contribution in [-0.4, -0.2) is 0 Å². The zero-order valence-corrected chi connectivity index (χ0v) is 11.1. The van der Waals surface area contributed by atoms with E-state index in [1.807, 2.05) is 0 Å². The van der Waals surface area contributed by atoms with Crippen LogP contribution in [0.1, 0.15) is 23.6 Å². The highest BCUT2D eigenvalue weighted by Gasteiger charge is 2.17. The molecule has 0 aromatic heterocycles. The van der Waals surface area contributed by atoms with E-state index in [4.69, 9.17) is 0 Å². The Balaban J connectivity index is 2.09. The van der Waals surface area contributed by atoms with Gasteiger partial charge in [-0.15, -0.1) is 0 Å². The van der Waals surface area contributed by atoms with Crippen LogP contribution in [0.2, 0.25) is 0 Å². The normalized spacial score (nSPS) is 12.5. The van der Waals surface area contributed by atoms with Gasteiger partial charge in [0.2, 0.25) is 0 Å². The van der Waals surface area contributed by atoms with Crippen molar-refractivity contribution in [2.24, 2.45) is 0 Å². The minimum atomic E-state index is 1.07. The van der Waals surface area contributed by atoms with Gasteiger partial charge in [-0.25, -0.2) is 0 Å². The first kappa shape index (κ1) is 10.8. The van der Waals surface area contributed by atoms with Crippen LogP contribution in [-0.2, 0) is 12.8 Å². The summed E-state index contributed by atoms with van der Waals surface area (Å²) in [5.74, 6) is 0. The Morgan fingerprint density at radius 2 is 1.68 bits per heavy atom. The van der Waals surface area contributed by atoms with Crippen LogP contribution in [0.4, 0.5) is 0 Å². The first-order valence-electron chi connectivity index (χ1n) is 6.99. The number of hydrogen-bond donors (Lipinski definition) is 0. The predicted molar refractivity (Wildman–Crippen MR) is 81.6 cm³/mol. The molecule has 3 aromatic carbocycles. The fraction of sp³-hybridized carbons (Fsp3) is 0.158. The second-order valence-corrected chi connectivity index (χ2v) is 5.34. The van der Waals surface area contributed by atoms with Crippen LogP contribution in [0.25, 0.3) is 21.9 Å². The fourth-order valence-corrected chi connectivity index (χ4v) is 3.27. The van der Waals surface area contributed by atoms with Gasteiger partial charge in [-0.05, 0) is 51.4 Å². The van der Waals surface area contributed by atoms with Crippen molar-refractivity contribution < 1.29 is 0 Å². The van der Waals surface area contributed by atoms with Gasteiger partial charge in [-0.1, -0.05) is 61.5 Å². The molecular formula is C19H16. The standard InChI is InChI=1S/C19H16/c1-2-13-9-10-17-16(11-13)12-15-7-3-5-14-6-4-8-18(17)19(14)15/h3-11H,2,12H2,1H3. The predicted octanol–water partition coefficient (Wildman–Crippen LogP) is 4.97. The highest BCUT2D eigenvalue weighted by atomic mass is 14.2. The van der Waals surface area contributed by atoms with E-state index in [0.29, 0.717) is 0 Å². The molecule has 0 spiro atoms. The molecule has 0 amide bonds. The maximum Gasteiger partial charge on any atom is -0.00131 e. The molecule has 92 valence electrons. The number of fused-ring (bicyclic) bond motifs is 2. The van der Waals surface area contributed by atoms with Crippen LogP contribution in [0.5, 0.6) is 0 Å². The second kappa shape index (κ2) is 3.96. The van der Waals surface area contributed by atoms with Crippen molar-refractivity contribution >= 4 is 10.8 Å². The van der Waals surface area contributed by atoms with Gasteiger partial charge < -0.3 is 0 Å². The Hall–Kier alpha value is -2.08. The van der Waals surface area contributed by atoms with Gasteiger partial charge in [0.1, 0.15) is 0 Å². The second-order valence-electron chi connectivity index (χ2n) is 5.34. The van der Waals surface area contributed by atoms with Crippen molar-refractivity contribution in [1.29, 1.82) is 0 Å². The average Bonchev–Trinajstić information content (AvgIpc) is 2.47. The average molecular weight is 244 g/mol. The Labute approximate surface area is 113 Å². The number of rotatable bonds is 1. The van der Waals surface area contributed by atoms with Crippen LogP contribution in [0.15, 0.2) is 54.6 Å². The molecule has 3 aromatic rings. The third-order valence-corrected chi connectivity index (χ3v) is 4.24. The SMILES string of the molecule is CCc1ccc2c(c1)Cc1cccc3cccc-2c13. The molecule has 4 rings (SSSR count). The van der Waals surface area contributed by atoms with E-state index >= 15 is 0 Å². The van der Waals surface area contributed by atoms with Gasteiger partial charge in [0.05, 0.1) is 0 Å². The van der Waals surface area contributed by atoms with E-state index in [1.165, 1.54) is 38.6 Å². The Bertz CT molecular complexity index is 776. The third kappa shape index (κ3) is 1.53. The lowest BCUT2D eigenvalue weighted by atomic mass is 9.83. The lowest BCUT2D eigenvalue weighted by molar-refractivity contribution is 1.11. The first-order chi connectivity index (χ1) is 9.36. The summed E-state index contributed by atoms with van der Waals surface area (Å²) in [6.07, 6.45) is 2.18. The molecule has 0 nitrogen and oxygen atoms in total. The molecular weight excluding hydrogens is 228 g/mol. The topological polar surface area (TPSA) is 0 Å². The third-order valence-electron chi connectivity index (χ3n) is 4.24. The molecule has 0 fully saturated rings. The Kier molecular flexibility index (Phi) is 2.25. The molecule has 0 unspecified atom stereocenters. The minimum absolute atomic E-state index is 1.07. The van der Waals surface area contributed by atoms with E-state index in [9.17, 15) is 0 Å². The molecule has 0 radical (unpaired) electrons. The zero-order chi connectivity index (χ0) is 12.8. The zero-order valence-electron chi connectivity index (χ0n) is 11.1. The van der Waals surface area contributed by atoms with E-state index in [2.05, 4.69) is 61.5 Å². The Morgan fingerprint density at radius 3 is 2.53 bits per heavy atom. The largest absolute Gasteiger partial charge is 0.0613 e. The smallest absolute Gasteiger partial charge is 0.00131 e. The summed E-state index contributed by atoms with van der Waals surface area (Å²) in [7, 11) is 0. The lowest BCUT2D eigenvalue weighted by Gasteiger charge is -2.21. The molecule has 0 heterocycles. The molecule has 0 aliphatic heterocycles. The van der Waals surface area contributed by atoms with E-state index in [0.717, 1.165) is 12.8 Å². The van der Waals surface area contributed by atoms with Crippen LogP contribution in [0, 0.1) is 0 Å². The maximum absolute atomic E-state index is 2.38. The minimum Gasteiger partial charge on any atom is -0.0613 e. The summed E-state index contributed by atoms with van der Waals surface area (Å²) < 4.78 is 0. The molecule has 0 N–H and O–H groups in total. The van der Waals surface area contributed by atoms with Gasteiger partial charge >= 0.3 is 0 Å². The highest BCUT2D eigenvalue weighted by Crippen LogP contribution is 2.39. The molecule has 0 atom stereocenters. The van der Waals surface area contributed by atoms with Crippen LogP contribution < -0.4 is 0 Å². The highest BCUT2D eigenvalue weighted by molar-refractivity contribution is 6.01. The number of aryl methyl sites for hydroxylation is 1. The molecule has 0 heteroatoms. The molecule has 0 bridgehead atoms. The molecule has 0 saturated carbocycles. The summed E-state index contributed by atoms with van der Waals surface area (Å²) in [5.41, 5.74) is 7.20. The lowest BCUT2D eigenvalue weighted by Crippen LogP contribution is -2.01. The Morgan fingerprint density at radius 1 is 0.842 bits per heavy atom. The first-order valence-corrected chi connectivity index (χ1v) is 6.99. The summed E-state index contributed by atoms with van der Waals surface area (Å²) in [6.45, 7) is 2.22. The van der Waals surface area contributed by atoms with Crippen molar-refractivity contribution in [3.05, 3.63) is 71.3 Å². The number of hydrogen-bond acceptors (Lipinski definition) is 0. The fourth-order valence-electron chi connectivity index (χ4n) is 3.27. The van der Waals surface area contributed by atoms with Gasteiger partial charge in [-0.3, -0.25) is 0 Å². The summed E-state index contributed by atoms with van der Waals surface area (Å²) >= 11 is 0. The van der Waals surface area contributed by atoms with Crippen LogP contribution >= 0.6 is 0 Å². The van der Waals surface area contributed by atoms with Gasteiger partial charge in [-0.2, -0.15) is 0 Å². The van der Waals surface area contributed by atoms with Crippen molar-refractivity contribution in [3.8, 4) is 11.1 Å². The molecule has 19 heavy (non-hydrogen) atoms. The van der Waals surface area contributed by atoms with Gasteiger partial charge in [0.25, 0.3) is 0 Å². The van der Waals surface area contributed by atoms with Crippen LogP contribution in [0.3, 0.4) is 0 Å². The molecule has 0 saturated heterocycles. The van der Waals surface area contributed by atoms with Crippen molar-refractivity contribution in [3.63, 3.8) is 0 Å². The van der Waals surface area contributed by atoms with Crippen molar-refractivity contribution in [2.75, 3.05) is 0 Å². The van der Waals surface area contributed by atoms with Gasteiger partial charge in [0.15, 0.2) is 0 Å². The number of benzene rings is 3. The quantitative estimate of drug-likeness (QED) is 0.443. The maximum atomic E-state index is 2.38. The van der Waals surface area contributed by atoms with Crippen molar-refractivity contribution in [1.82, 2.24) is 0 Å². The molecule has 1 aliphatic rings. The summed E-state index contributed by atoms with van der Waals surface area (Å²) in [4.78, 5) is 0. The van der Waals surface area contributed by atoms with Gasteiger partial charge in [0, 0.05) is 0 Å². The van der Waals surface area contributed by atoms with E-state index in [1.54, 1.807) is 0 Å². The monoisotopic (exact) mass is 244 g/mol. The summed E-state index contributed by atoms with van der Waals surface area (Å²) in [6, 6.07) is 20.3. The molecule has 1 aliphatic carbocycles.